The third-order valence-corrected chi connectivity index (χ3v) is 5.41. The summed E-state index contributed by atoms with van der Waals surface area (Å²) in [5.74, 6) is 1.03. The highest BCUT2D eigenvalue weighted by Crippen LogP contribution is 2.21. The molecule has 1 heterocycles. The first-order chi connectivity index (χ1) is 13.7. The number of hydrogen-bond acceptors (Lipinski definition) is 3. The predicted octanol–water partition coefficient (Wildman–Crippen LogP) is 2.06. The average Bonchev–Trinajstić information content (AvgIpc) is 2.74. The molecule has 0 spiro atoms. The summed E-state index contributed by atoms with van der Waals surface area (Å²) in [6, 6.07) is 18.6. The Hall–Kier alpha value is -2.53. The van der Waals surface area contributed by atoms with E-state index >= 15 is 0 Å². The number of amides is 1. The highest BCUT2D eigenvalue weighted by molar-refractivity contribution is 5.77. The maximum atomic E-state index is 12.6. The summed E-state index contributed by atoms with van der Waals surface area (Å²) >= 11 is 0. The zero-order valence-corrected chi connectivity index (χ0v) is 17.0. The number of carbonyl (C=O) groups is 1. The molecule has 0 unspecified atom stereocenters. The van der Waals surface area contributed by atoms with Gasteiger partial charge in [0.25, 0.3) is 5.91 Å². The van der Waals surface area contributed by atoms with Gasteiger partial charge >= 0.3 is 0 Å². The molecule has 1 saturated heterocycles. The van der Waals surface area contributed by atoms with Crippen molar-refractivity contribution < 1.29 is 14.4 Å². The van der Waals surface area contributed by atoms with Crippen molar-refractivity contribution in [2.75, 3.05) is 44.7 Å². The second-order valence-corrected chi connectivity index (χ2v) is 7.43. The van der Waals surface area contributed by atoms with Gasteiger partial charge in [0.05, 0.1) is 39.3 Å². The van der Waals surface area contributed by atoms with Gasteiger partial charge in [0.2, 0.25) is 0 Å². The number of quaternary nitrogens is 1. The van der Waals surface area contributed by atoms with E-state index in [0.717, 1.165) is 44.8 Å². The first kappa shape index (κ1) is 20.2. The maximum Gasteiger partial charge on any atom is 0.275 e. The molecule has 1 aliphatic heterocycles. The number of piperazine rings is 1. The molecule has 1 amide bonds. The molecule has 1 aliphatic rings. The number of hydrogen-bond donors (Lipinski definition) is 2. The van der Waals surface area contributed by atoms with E-state index in [-0.39, 0.29) is 11.9 Å². The molecule has 3 rings (SSSR count). The smallest absolute Gasteiger partial charge is 0.275 e. The van der Waals surface area contributed by atoms with Crippen molar-refractivity contribution >= 4 is 11.6 Å². The molecule has 2 aromatic rings. The number of ether oxygens (including phenoxy) is 1. The largest absolute Gasteiger partial charge is 0.497 e. The lowest BCUT2D eigenvalue weighted by Crippen LogP contribution is -3.16. The highest BCUT2D eigenvalue weighted by atomic mass is 16.5. The van der Waals surface area contributed by atoms with Crippen LogP contribution in [0.4, 0.5) is 5.69 Å². The first-order valence-corrected chi connectivity index (χ1v) is 10.3. The predicted molar refractivity (Wildman–Crippen MR) is 113 cm³/mol. The molecule has 1 atom stereocenters. The second kappa shape index (κ2) is 10.1. The molecule has 0 aliphatic carbocycles. The summed E-state index contributed by atoms with van der Waals surface area (Å²) < 4.78 is 5.33. The summed E-state index contributed by atoms with van der Waals surface area (Å²) in [6.45, 7) is 6.53. The van der Waals surface area contributed by atoms with Gasteiger partial charge < -0.3 is 19.9 Å². The summed E-state index contributed by atoms with van der Waals surface area (Å²) in [4.78, 5) is 16.4. The van der Waals surface area contributed by atoms with E-state index in [9.17, 15) is 4.79 Å². The standard InChI is InChI=1S/C23H31N3O2/c1-3-8-22(19-9-5-4-6-10-19)24-23(27)18-25-13-15-26(16-14-25)20-11-7-12-21(17-20)28-2/h4-7,9-12,17,22H,3,8,13-16,18H2,1-2H3,(H,24,27)/p+1/t22-/m0/s1. The van der Waals surface area contributed by atoms with Gasteiger partial charge in [0, 0.05) is 11.8 Å². The van der Waals surface area contributed by atoms with E-state index in [4.69, 9.17) is 4.74 Å². The Labute approximate surface area is 168 Å². The summed E-state index contributed by atoms with van der Waals surface area (Å²) in [7, 11) is 1.70. The normalized spacial score (nSPS) is 15.9. The maximum absolute atomic E-state index is 12.6. The van der Waals surface area contributed by atoms with Crippen molar-refractivity contribution in [3.8, 4) is 5.75 Å². The van der Waals surface area contributed by atoms with Gasteiger partial charge in [0.1, 0.15) is 5.75 Å². The fraction of sp³-hybridized carbons (Fsp3) is 0.435. The van der Waals surface area contributed by atoms with Crippen molar-refractivity contribution in [3.63, 3.8) is 0 Å². The molecule has 5 nitrogen and oxygen atoms in total. The van der Waals surface area contributed by atoms with Crippen molar-refractivity contribution in [1.29, 1.82) is 0 Å². The molecule has 150 valence electrons. The van der Waals surface area contributed by atoms with Gasteiger partial charge in [-0.1, -0.05) is 49.7 Å². The van der Waals surface area contributed by atoms with Crippen LogP contribution < -0.4 is 19.9 Å². The number of rotatable bonds is 8. The Morgan fingerprint density at radius 1 is 1.14 bits per heavy atom. The summed E-state index contributed by atoms with van der Waals surface area (Å²) in [6.07, 6.45) is 2.01. The first-order valence-electron chi connectivity index (χ1n) is 10.3. The van der Waals surface area contributed by atoms with Crippen molar-refractivity contribution in [2.24, 2.45) is 0 Å². The van der Waals surface area contributed by atoms with E-state index in [0.29, 0.717) is 6.54 Å². The van der Waals surface area contributed by atoms with Crippen LogP contribution in [0.2, 0.25) is 0 Å². The van der Waals surface area contributed by atoms with Crippen LogP contribution in [0.3, 0.4) is 0 Å². The minimum Gasteiger partial charge on any atom is -0.497 e. The molecule has 1 fully saturated rings. The molecule has 2 aromatic carbocycles. The van der Waals surface area contributed by atoms with Crippen LogP contribution in [0, 0.1) is 0 Å². The van der Waals surface area contributed by atoms with Gasteiger partial charge in [-0.25, -0.2) is 0 Å². The number of methoxy groups -OCH3 is 1. The van der Waals surface area contributed by atoms with Crippen LogP contribution in [-0.4, -0.2) is 45.7 Å². The fourth-order valence-corrected chi connectivity index (χ4v) is 3.83. The van der Waals surface area contributed by atoms with Crippen LogP contribution >= 0.6 is 0 Å². The zero-order valence-electron chi connectivity index (χ0n) is 17.0. The Morgan fingerprint density at radius 2 is 1.89 bits per heavy atom. The minimum atomic E-state index is 0.108. The number of nitrogens with one attached hydrogen (secondary N) is 2. The van der Waals surface area contributed by atoms with Crippen LogP contribution in [-0.2, 0) is 4.79 Å². The van der Waals surface area contributed by atoms with E-state index in [1.54, 1.807) is 7.11 Å². The van der Waals surface area contributed by atoms with Crippen molar-refractivity contribution in [2.45, 2.75) is 25.8 Å². The van der Waals surface area contributed by atoms with Gasteiger partial charge in [-0.15, -0.1) is 0 Å². The van der Waals surface area contributed by atoms with Gasteiger partial charge in [0.15, 0.2) is 6.54 Å². The zero-order chi connectivity index (χ0) is 19.8. The molecule has 0 aromatic heterocycles. The lowest BCUT2D eigenvalue weighted by Gasteiger charge is -2.33. The molecule has 0 saturated carbocycles. The number of benzene rings is 2. The monoisotopic (exact) mass is 382 g/mol. The average molecular weight is 383 g/mol. The molecule has 0 radical (unpaired) electrons. The fourth-order valence-electron chi connectivity index (χ4n) is 3.83. The molecular formula is C23H32N3O2+. The van der Waals surface area contributed by atoms with E-state index in [1.165, 1.54) is 16.2 Å². The van der Waals surface area contributed by atoms with Crippen LogP contribution in [0.5, 0.6) is 5.75 Å². The number of anilines is 1. The minimum absolute atomic E-state index is 0.108. The molecule has 2 N–H and O–H groups in total. The molecular weight excluding hydrogens is 350 g/mol. The van der Waals surface area contributed by atoms with Crippen LogP contribution in [0.15, 0.2) is 54.6 Å². The Balaban J connectivity index is 1.50. The Kier molecular flexibility index (Phi) is 7.31. The lowest BCUT2D eigenvalue weighted by atomic mass is 10.0. The van der Waals surface area contributed by atoms with Gasteiger partial charge in [-0.2, -0.15) is 0 Å². The van der Waals surface area contributed by atoms with E-state index in [2.05, 4.69) is 41.4 Å². The number of nitrogens with zero attached hydrogens (tertiary/aromatic N) is 1. The summed E-state index contributed by atoms with van der Waals surface area (Å²) in [5.41, 5.74) is 2.38. The third-order valence-electron chi connectivity index (χ3n) is 5.41. The second-order valence-electron chi connectivity index (χ2n) is 7.43. The highest BCUT2D eigenvalue weighted by Gasteiger charge is 2.24. The topological polar surface area (TPSA) is 46.0 Å². The van der Waals surface area contributed by atoms with E-state index in [1.807, 2.05) is 30.3 Å². The van der Waals surface area contributed by atoms with Crippen LogP contribution in [0.25, 0.3) is 0 Å². The SMILES string of the molecule is CCC[C@H](NC(=O)C[NH+]1CCN(c2cccc(OC)c2)CC1)c1ccccc1. The van der Waals surface area contributed by atoms with Crippen LogP contribution in [0.1, 0.15) is 31.4 Å². The Morgan fingerprint density at radius 3 is 2.57 bits per heavy atom. The third kappa shape index (κ3) is 5.49. The Bertz CT molecular complexity index is 743. The van der Waals surface area contributed by atoms with Gasteiger partial charge in [-0.05, 0) is 24.1 Å². The quantitative estimate of drug-likeness (QED) is 0.735. The molecule has 5 heteroatoms. The summed E-state index contributed by atoms with van der Waals surface area (Å²) in [5, 5.41) is 3.25. The van der Waals surface area contributed by atoms with Crippen molar-refractivity contribution in [1.82, 2.24) is 5.32 Å². The number of carbonyl (C=O) groups excluding carboxylic acids is 1. The van der Waals surface area contributed by atoms with E-state index < -0.39 is 0 Å². The molecule has 28 heavy (non-hydrogen) atoms. The molecule has 0 bridgehead atoms. The van der Waals surface area contributed by atoms with Crippen molar-refractivity contribution in [3.05, 3.63) is 60.2 Å². The van der Waals surface area contributed by atoms with Gasteiger partial charge in [-0.3, -0.25) is 4.79 Å². The lowest BCUT2D eigenvalue weighted by molar-refractivity contribution is -0.892.